The standard InChI is InChI=1S/C16H14O6/c1-9(2)3-15(17)19-7-10-4-16(18)22-12-6-14-13(5-11(10)12)20-8-21-14/h3-6H,7-8H2,1-2H3. The third-order valence-corrected chi connectivity index (χ3v) is 3.10. The third kappa shape index (κ3) is 2.81. The SMILES string of the molecule is CC(C)=CC(=O)OCc1cc(=O)oc2cc3c(cc12)OCO3. The zero-order valence-corrected chi connectivity index (χ0v) is 12.2. The molecule has 0 radical (unpaired) electrons. The van der Waals surface area contributed by atoms with Crippen LogP contribution >= 0.6 is 0 Å². The molecular weight excluding hydrogens is 288 g/mol. The average molecular weight is 302 g/mol. The molecule has 2 aromatic rings. The highest BCUT2D eigenvalue weighted by molar-refractivity contribution is 5.85. The molecule has 0 spiro atoms. The molecule has 0 saturated heterocycles. The Hall–Kier alpha value is -2.76. The lowest BCUT2D eigenvalue weighted by molar-refractivity contribution is -0.139. The van der Waals surface area contributed by atoms with Crippen LogP contribution in [0.15, 0.2) is 39.1 Å². The Morgan fingerprint density at radius 2 is 1.95 bits per heavy atom. The smallest absolute Gasteiger partial charge is 0.336 e. The normalized spacial score (nSPS) is 12.3. The molecule has 1 aromatic heterocycles. The molecule has 0 unspecified atom stereocenters. The molecule has 2 heterocycles. The summed E-state index contributed by atoms with van der Waals surface area (Å²) in [5.74, 6) is 0.634. The van der Waals surface area contributed by atoms with E-state index in [2.05, 4.69) is 0 Å². The molecule has 3 rings (SSSR count). The molecule has 1 aromatic carbocycles. The molecule has 1 aliphatic heterocycles. The first-order chi connectivity index (χ1) is 10.5. The molecule has 0 amide bonds. The Labute approximate surface area is 125 Å². The number of hydrogen-bond acceptors (Lipinski definition) is 6. The third-order valence-electron chi connectivity index (χ3n) is 3.10. The van der Waals surface area contributed by atoms with Gasteiger partial charge < -0.3 is 18.6 Å². The van der Waals surface area contributed by atoms with Gasteiger partial charge >= 0.3 is 11.6 Å². The molecule has 114 valence electrons. The van der Waals surface area contributed by atoms with Crippen LogP contribution in [0.25, 0.3) is 11.0 Å². The van der Waals surface area contributed by atoms with E-state index in [9.17, 15) is 9.59 Å². The molecule has 0 saturated carbocycles. The molecule has 6 heteroatoms. The van der Waals surface area contributed by atoms with Crippen LogP contribution in [-0.2, 0) is 16.1 Å². The molecule has 0 bridgehead atoms. The zero-order chi connectivity index (χ0) is 15.7. The summed E-state index contributed by atoms with van der Waals surface area (Å²) in [5.41, 5.74) is 1.25. The van der Waals surface area contributed by atoms with Gasteiger partial charge in [0.2, 0.25) is 6.79 Å². The van der Waals surface area contributed by atoms with Crippen LogP contribution in [0.1, 0.15) is 19.4 Å². The highest BCUT2D eigenvalue weighted by Gasteiger charge is 2.17. The van der Waals surface area contributed by atoms with Crippen molar-refractivity contribution in [1.82, 2.24) is 0 Å². The second kappa shape index (κ2) is 5.55. The lowest BCUT2D eigenvalue weighted by atomic mass is 10.1. The van der Waals surface area contributed by atoms with Crippen molar-refractivity contribution < 1.29 is 23.4 Å². The maximum absolute atomic E-state index is 11.6. The van der Waals surface area contributed by atoms with Crippen LogP contribution < -0.4 is 15.1 Å². The van der Waals surface area contributed by atoms with Gasteiger partial charge in [0.15, 0.2) is 11.5 Å². The number of carbonyl (C=O) groups excluding carboxylic acids is 1. The van der Waals surface area contributed by atoms with Crippen molar-refractivity contribution in [1.29, 1.82) is 0 Å². The topological polar surface area (TPSA) is 75.0 Å². The van der Waals surface area contributed by atoms with Crippen LogP contribution in [0.3, 0.4) is 0 Å². The van der Waals surface area contributed by atoms with Gasteiger partial charge in [0.05, 0.1) is 0 Å². The molecule has 1 aliphatic rings. The number of esters is 1. The van der Waals surface area contributed by atoms with Crippen LogP contribution in [-0.4, -0.2) is 12.8 Å². The van der Waals surface area contributed by atoms with E-state index in [-0.39, 0.29) is 13.4 Å². The number of rotatable bonds is 3. The second-order valence-corrected chi connectivity index (χ2v) is 5.12. The van der Waals surface area contributed by atoms with Crippen molar-refractivity contribution in [3.63, 3.8) is 0 Å². The highest BCUT2D eigenvalue weighted by Crippen LogP contribution is 2.36. The Morgan fingerprint density at radius 1 is 1.23 bits per heavy atom. The Balaban J connectivity index is 1.96. The fourth-order valence-corrected chi connectivity index (χ4v) is 2.16. The first-order valence-electron chi connectivity index (χ1n) is 6.71. The zero-order valence-electron chi connectivity index (χ0n) is 12.2. The maximum atomic E-state index is 11.6. The van der Waals surface area contributed by atoms with Gasteiger partial charge in [-0.25, -0.2) is 9.59 Å². The van der Waals surface area contributed by atoms with Crippen molar-refractivity contribution in [2.45, 2.75) is 20.5 Å². The predicted octanol–water partition coefficient (Wildman–Crippen LogP) is 2.53. The van der Waals surface area contributed by atoms with Gasteiger partial charge in [-0.1, -0.05) is 5.57 Å². The van der Waals surface area contributed by atoms with Crippen molar-refractivity contribution >= 4 is 16.9 Å². The first-order valence-corrected chi connectivity index (χ1v) is 6.71. The van der Waals surface area contributed by atoms with Gasteiger partial charge in [0.25, 0.3) is 0 Å². The van der Waals surface area contributed by atoms with Gasteiger partial charge in [-0.15, -0.1) is 0 Å². The Kier molecular flexibility index (Phi) is 3.58. The van der Waals surface area contributed by atoms with E-state index in [1.165, 1.54) is 12.1 Å². The van der Waals surface area contributed by atoms with E-state index in [4.69, 9.17) is 18.6 Å². The summed E-state index contributed by atoms with van der Waals surface area (Å²) in [5, 5.41) is 0.647. The Bertz CT molecular complexity index is 826. The van der Waals surface area contributed by atoms with Crippen molar-refractivity contribution in [2.75, 3.05) is 6.79 Å². The van der Waals surface area contributed by atoms with Crippen molar-refractivity contribution in [2.24, 2.45) is 0 Å². The van der Waals surface area contributed by atoms with Gasteiger partial charge in [0, 0.05) is 29.2 Å². The molecule has 0 aliphatic carbocycles. The summed E-state index contributed by atoms with van der Waals surface area (Å²) in [7, 11) is 0. The van der Waals surface area contributed by atoms with E-state index in [1.54, 1.807) is 26.0 Å². The van der Waals surface area contributed by atoms with E-state index < -0.39 is 11.6 Å². The summed E-state index contributed by atoms with van der Waals surface area (Å²) in [6.07, 6.45) is 1.39. The van der Waals surface area contributed by atoms with Gasteiger partial charge in [0.1, 0.15) is 12.2 Å². The quantitative estimate of drug-likeness (QED) is 0.493. The van der Waals surface area contributed by atoms with Crippen molar-refractivity contribution in [3.8, 4) is 11.5 Å². The molecule has 0 atom stereocenters. The second-order valence-electron chi connectivity index (χ2n) is 5.12. The van der Waals surface area contributed by atoms with E-state index >= 15 is 0 Å². The molecule has 6 nitrogen and oxygen atoms in total. The lowest BCUT2D eigenvalue weighted by Gasteiger charge is -2.07. The summed E-state index contributed by atoms with van der Waals surface area (Å²) in [6, 6.07) is 4.62. The van der Waals surface area contributed by atoms with Crippen LogP contribution in [0.2, 0.25) is 0 Å². The number of benzene rings is 1. The van der Waals surface area contributed by atoms with Crippen LogP contribution in [0.4, 0.5) is 0 Å². The van der Waals surface area contributed by atoms with Crippen LogP contribution in [0.5, 0.6) is 11.5 Å². The van der Waals surface area contributed by atoms with Gasteiger partial charge in [-0.3, -0.25) is 0 Å². The number of carbonyl (C=O) groups is 1. The van der Waals surface area contributed by atoms with Crippen molar-refractivity contribution in [3.05, 3.63) is 45.8 Å². The lowest BCUT2D eigenvalue weighted by Crippen LogP contribution is -2.06. The number of allylic oxidation sites excluding steroid dienone is 1. The molecular formula is C16H14O6. The van der Waals surface area contributed by atoms with Gasteiger partial charge in [-0.05, 0) is 19.9 Å². The minimum atomic E-state index is -0.514. The number of ether oxygens (including phenoxy) is 3. The number of hydrogen-bond donors (Lipinski definition) is 0. The summed E-state index contributed by atoms with van der Waals surface area (Å²) < 4.78 is 20.9. The van der Waals surface area contributed by atoms with E-state index in [0.717, 1.165) is 5.57 Å². The number of fused-ring (bicyclic) bond motifs is 2. The molecule has 22 heavy (non-hydrogen) atoms. The summed E-state index contributed by atoms with van der Waals surface area (Å²) >= 11 is 0. The maximum Gasteiger partial charge on any atom is 0.336 e. The largest absolute Gasteiger partial charge is 0.458 e. The summed E-state index contributed by atoms with van der Waals surface area (Å²) in [4.78, 5) is 23.2. The van der Waals surface area contributed by atoms with E-state index in [0.29, 0.717) is 28.0 Å². The fraction of sp³-hybridized carbons (Fsp3) is 0.250. The van der Waals surface area contributed by atoms with Gasteiger partial charge in [-0.2, -0.15) is 0 Å². The predicted molar refractivity (Wildman–Crippen MR) is 77.8 cm³/mol. The minimum Gasteiger partial charge on any atom is -0.458 e. The Morgan fingerprint density at radius 3 is 2.68 bits per heavy atom. The minimum absolute atomic E-state index is 0.0235. The molecule has 0 N–H and O–H groups in total. The average Bonchev–Trinajstić information content (AvgIpc) is 2.88. The fourth-order valence-electron chi connectivity index (χ4n) is 2.16. The highest BCUT2D eigenvalue weighted by atomic mass is 16.7. The first kappa shape index (κ1) is 14.2. The van der Waals surface area contributed by atoms with Crippen LogP contribution in [0, 0.1) is 0 Å². The monoisotopic (exact) mass is 302 g/mol. The molecule has 0 fully saturated rings. The van der Waals surface area contributed by atoms with E-state index in [1.807, 2.05) is 0 Å². The summed E-state index contributed by atoms with van der Waals surface area (Å²) in [6.45, 7) is 3.70.